The molecule has 28 heavy (non-hydrogen) atoms. The van der Waals surface area contributed by atoms with E-state index in [-0.39, 0.29) is 10.8 Å². The normalized spacial score (nSPS) is 11.1. The molecule has 5 nitrogen and oxygen atoms in total. The molecule has 0 aliphatic heterocycles. The molecule has 3 aromatic rings. The van der Waals surface area contributed by atoms with Gasteiger partial charge in [0.15, 0.2) is 0 Å². The zero-order chi connectivity index (χ0) is 20.1. The van der Waals surface area contributed by atoms with Gasteiger partial charge in [-0.1, -0.05) is 42.5 Å². The number of sulfonamides is 1. The summed E-state index contributed by atoms with van der Waals surface area (Å²) in [4.78, 5) is 12.5. The summed E-state index contributed by atoms with van der Waals surface area (Å²) < 4.78 is 27.7. The van der Waals surface area contributed by atoms with Gasteiger partial charge in [0.05, 0.1) is 10.6 Å². The molecule has 0 bridgehead atoms. The summed E-state index contributed by atoms with van der Waals surface area (Å²) in [5.74, 6) is -0.251. The molecule has 0 fully saturated rings. The molecule has 0 aliphatic rings. The Balaban J connectivity index is 1.69. The van der Waals surface area contributed by atoms with Crippen molar-refractivity contribution in [3.05, 3.63) is 95.1 Å². The van der Waals surface area contributed by atoms with E-state index >= 15 is 0 Å². The number of para-hydroxylation sites is 1. The monoisotopic (exact) mass is 394 g/mol. The minimum absolute atomic E-state index is 0.103. The zero-order valence-electron chi connectivity index (χ0n) is 15.8. The third-order valence-corrected chi connectivity index (χ3v) is 5.90. The first-order valence-corrected chi connectivity index (χ1v) is 10.4. The fourth-order valence-electron chi connectivity index (χ4n) is 2.76. The molecule has 0 saturated carbocycles. The molecular weight excluding hydrogens is 372 g/mol. The van der Waals surface area contributed by atoms with Crippen LogP contribution in [0.5, 0.6) is 0 Å². The molecule has 0 atom stereocenters. The quantitative estimate of drug-likeness (QED) is 0.663. The van der Waals surface area contributed by atoms with E-state index in [1.54, 1.807) is 12.1 Å². The second kappa shape index (κ2) is 8.27. The largest absolute Gasteiger partial charge is 0.348 e. The van der Waals surface area contributed by atoms with Gasteiger partial charge < -0.3 is 5.32 Å². The molecule has 0 aliphatic carbocycles. The number of amides is 1. The first-order chi connectivity index (χ1) is 13.4. The van der Waals surface area contributed by atoms with Crippen LogP contribution in [0.15, 0.2) is 77.7 Å². The van der Waals surface area contributed by atoms with E-state index in [0.717, 1.165) is 16.7 Å². The number of hydrogen-bond donors (Lipinski definition) is 2. The maximum absolute atomic E-state index is 12.6. The van der Waals surface area contributed by atoms with Crippen molar-refractivity contribution in [1.29, 1.82) is 0 Å². The van der Waals surface area contributed by atoms with Crippen LogP contribution < -0.4 is 10.0 Å². The molecule has 0 heterocycles. The van der Waals surface area contributed by atoms with Crippen molar-refractivity contribution in [2.24, 2.45) is 0 Å². The van der Waals surface area contributed by atoms with E-state index in [4.69, 9.17) is 0 Å². The van der Waals surface area contributed by atoms with Crippen LogP contribution in [-0.2, 0) is 16.6 Å². The van der Waals surface area contributed by atoms with Gasteiger partial charge in [-0.2, -0.15) is 0 Å². The summed E-state index contributed by atoms with van der Waals surface area (Å²) in [6.07, 6.45) is 0. The van der Waals surface area contributed by atoms with Crippen molar-refractivity contribution in [1.82, 2.24) is 5.32 Å². The van der Waals surface area contributed by atoms with Crippen LogP contribution in [0.4, 0.5) is 5.69 Å². The maximum Gasteiger partial charge on any atom is 0.261 e. The minimum atomic E-state index is -3.72. The maximum atomic E-state index is 12.6. The lowest BCUT2D eigenvalue weighted by molar-refractivity contribution is 0.0951. The average molecular weight is 394 g/mol. The van der Waals surface area contributed by atoms with Crippen LogP contribution in [0.1, 0.15) is 27.0 Å². The highest BCUT2D eigenvalue weighted by atomic mass is 32.2. The van der Waals surface area contributed by atoms with Crippen LogP contribution in [-0.4, -0.2) is 14.3 Å². The molecule has 0 saturated heterocycles. The third-order valence-electron chi connectivity index (χ3n) is 4.52. The van der Waals surface area contributed by atoms with Crippen LogP contribution in [0.2, 0.25) is 0 Å². The van der Waals surface area contributed by atoms with Crippen molar-refractivity contribution >= 4 is 21.6 Å². The smallest absolute Gasteiger partial charge is 0.261 e. The highest BCUT2D eigenvalue weighted by Gasteiger charge is 2.16. The Morgan fingerprint density at radius 3 is 2.07 bits per heavy atom. The SMILES string of the molecule is Cc1ccccc1CNC(=O)c1ccc(S(=O)(=O)Nc2ccccc2C)cc1. The lowest BCUT2D eigenvalue weighted by Gasteiger charge is -2.11. The molecule has 0 unspecified atom stereocenters. The van der Waals surface area contributed by atoms with Gasteiger partial charge in [0.1, 0.15) is 0 Å². The Hall–Kier alpha value is -3.12. The summed E-state index contributed by atoms with van der Waals surface area (Å²) in [5.41, 5.74) is 3.91. The number of hydrogen-bond acceptors (Lipinski definition) is 3. The van der Waals surface area contributed by atoms with E-state index < -0.39 is 10.0 Å². The predicted molar refractivity (Wildman–Crippen MR) is 111 cm³/mol. The van der Waals surface area contributed by atoms with Crippen LogP contribution in [0, 0.1) is 13.8 Å². The molecule has 1 amide bonds. The number of anilines is 1. The zero-order valence-corrected chi connectivity index (χ0v) is 16.6. The van der Waals surface area contributed by atoms with Crippen molar-refractivity contribution in [2.75, 3.05) is 4.72 Å². The Morgan fingerprint density at radius 1 is 0.821 bits per heavy atom. The van der Waals surface area contributed by atoms with Gasteiger partial charge in [0.25, 0.3) is 15.9 Å². The van der Waals surface area contributed by atoms with E-state index in [2.05, 4.69) is 10.0 Å². The van der Waals surface area contributed by atoms with Gasteiger partial charge in [-0.15, -0.1) is 0 Å². The molecule has 3 aromatic carbocycles. The fraction of sp³-hybridized carbons (Fsp3) is 0.136. The fourth-order valence-corrected chi connectivity index (χ4v) is 3.89. The van der Waals surface area contributed by atoms with Crippen molar-refractivity contribution in [3.8, 4) is 0 Å². The summed E-state index contributed by atoms with van der Waals surface area (Å²) in [6.45, 7) is 4.24. The number of nitrogens with one attached hydrogen (secondary N) is 2. The Morgan fingerprint density at radius 2 is 1.43 bits per heavy atom. The highest BCUT2D eigenvalue weighted by molar-refractivity contribution is 7.92. The van der Waals surface area contributed by atoms with Crippen molar-refractivity contribution < 1.29 is 13.2 Å². The molecule has 3 rings (SSSR count). The molecular formula is C22H22N2O3S. The van der Waals surface area contributed by atoms with Crippen molar-refractivity contribution in [2.45, 2.75) is 25.3 Å². The standard InChI is InChI=1S/C22H22N2O3S/c1-16-7-3-5-9-19(16)15-23-22(25)18-11-13-20(14-12-18)28(26,27)24-21-10-6-4-8-17(21)2/h3-14,24H,15H2,1-2H3,(H,23,25). The summed E-state index contributed by atoms with van der Waals surface area (Å²) in [5, 5.41) is 2.86. The summed E-state index contributed by atoms with van der Waals surface area (Å²) in [7, 11) is -3.72. The van der Waals surface area contributed by atoms with Gasteiger partial charge in [0.2, 0.25) is 0 Å². The molecule has 0 radical (unpaired) electrons. The summed E-state index contributed by atoms with van der Waals surface area (Å²) in [6, 6.07) is 20.9. The van der Waals surface area contributed by atoms with Gasteiger partial charge in [-0.05, 0) is 60.9 Å². The van der Waals surface area contributed by atoms with Crippen LogP contribution >= 0.6 is 0 Å². The Kier molecular flexibility index (Phi) is 5.80. The van der Waals surface area contributed by atoms with Gasteiger partial charge in [-0.3, -0.25) is 9.52 Å². The third kappa shape index (κ3) is 4.58. The van der Waals surface area contributed by atoms with E-state index in [1.165, 1.54) is 24.3 Å². The molecule has 6 heteroatoms. The van der Waals surface area contributed by atoms with E-state index in [9.17, 15) is 13.2 Å². The molecule has 0 spiro atoms. The first kappa shape index (κ1) is 19.6. The first-order valence-electron chi connectivity index (χ1n) is 8.88. The Bertz CT molecular complexity index is 1090. The number of benzene rings is 3. The van der Waals surface area contributed by atoms with Crippen LogP contribution in [0.3, 0.4) is 0 Å². The predicted octanol–water partition coefficient (Wildman–Crippen LogP) is 4.03. The van der Waals surface area contributed by atoms with Gasteiger partial charge in [-0.25, -0.2) is 8.42 Å². The molecule has 0 aromatic heterocycles. The van der Waals surface area contributed by atoms with E-state index in [0.29, 0.717) is 17.8 Å². The minimum Gasteiger partial charge on any atom is -0.348 e. The number of carbonyl (C=O) groups is 1. The van der Waals surface area contributed by atoms with Crippen molar-refractivity contribution in [3.63, 3.8) is 0 Å². The lowest BCUT2D eigenvalue weighted by Crippen LogP contribution is -2.23. The number of carbonyl (C=O) groups excluding carboxylic acids is 1. The lowest BCUT2D eigenvalue weighted by atomic mass is 10.1. The van der Waals surface area contributed by atoms with Gasteiger partial charge >= 0.3 is 0 Å². The van der Waals surface area contributed by atoms with Gasteiger partial charge in [0, 0.05) is 12.1 Å². The van der Waals surface area contributed by atoms with Crippen LogP contribution in [0.25, 0.3) is 0 Å². The number of rotatable bonds is 6. The second-order valence-electron chi connectivity index (χ2n) is 6.55. The highest BCUT2D eigenvalue weighted by Crippen LogP contribution is 2.19. The molecule has 2 N–H and O–H groups in total. The Labute approximate surface area is 165 Å². The topological polar surface area (TPSA) is 75.3 Å². The summed E-state index contributed by atoms with van der Waals surface area (Å²) >= 11 is 0. The number of aryl methyl sites for hydroxylation is 2. The average Bonchev–Trinajstić information content (AvgIpc) is 2.69. The van der Waals surface area contributed by atoms with E-state index in [1.807, 2.05) is 50.2 Å². The second-order valence-corrected chi connectivity index (χ2v) is 8.24. The molecule has 144 valence electrons.